The topological polar surface area (TPSA) is 63.4 Å². The van der Waals surface area contributed by atoms with Gasteiger partial charge >= 0.3 is 0 Å². The van der Waals surface area contributed by atoms with Gasteiger partial charge in [0.25, 0.3) is 0 Å². The average Bonchev–Trinajstić information content (AvgIpc) is 2.84. The Morgan fingerprint density at radius 2 is 2.20 bits per heavy atom. The second-order valence-electron chi connectivity index (χ2n) is 4.47. The second kappa shape index (κ2) is 6.27. The number of rotatable bonds is 6. The van der Waals surface area contributed by atoms with E-state index in [9.17, 15) is 0 Å². The lowest BCUT2D eigenvalue weighted by molar-refractivity contribution is 0.412. The molecule has 0 saturated carbocycles. The molecule has 2 aromatic rings. The van der Waals surface area contributed by atoms with Crippen molar-refractivity contribution in [3.63, 3.8) is 0 Å². The van der Waals surface area contributed by atoms with E-state index in [4.69, 9.17) is 9.15 Å². The number of hydrogen-bond donors (Lipinski definition) is 1. The average molecular weight is 276 g/mol. The Morgan fingerprint density at radius 1 is 1.40 bits per heavy atom. The number of furan rings is 1. The van der Waals surface area contributed by atoms with Gasteiger partial charge in [0.15, 0.2) is 11.6 Å². The molecule has 2 heterocycles. The fourth-order valence-corrected chi connectivity index (χ4v) is 2.02. The predicted octanol–water partition coefficient (Wildman–Crippen LogP) is 2.45. The van der Waals surface area contributed by atoms with Gasteiger partial charge in [-0.2, -0.15) is 0 Å². The van der Waals surface area contributed by atoms with Crippen molar-refractivity contribution < 1.29 is 9.15 Å². The zero-order valence-corrected chi connectivity index (χ0v) is 12.3. The number of methoxy groups -OCH3 is 1. The van der Waals surface area contributed by atoms with Crippen molar-refractivity contribution in [2.45, 2.75) is 20.4 Å². The summed E-state index contributed by atoms with van der Waals surface area (Å²) in [6.45, 7) is 5.43. The molecule has 0 bridgehead atoms. The summed E-state index contributed by atoms with van der Waals surface area (Å²) in [5.41, 5.74) is 1.12. The van der Waals surface area contributed by atoms with Crippen LogP contribution in [0.15, 0.2) is 23.1 Å². The van der Waals surface area contributed by atoms with Crippen LogP contribution in [0, 0.1) is 6.92 Å². The molecular formula is C14H20N4O2. The van der Waals surface area contributed by atoms with E-state index in [2.05, 4.69) is 15.3 Å². The van der Waals surface area contributed by atoms with E-state index in [0.717, 1.165) is 23.7 Å². The van der Waals surface area contributed by atoms with E-state index in [1.165, 1.54) is 6.33 Å². The van der Waals surface area contributed by atoms with Gasteiger partial charge in [-0.15, -0.1) is 0 Å². The van der Waals surface area contributed by atoms with Crippen LogP contribution < -0.4 is 15.0 Å². The van der Waals surface area contributed by atoms with Crippen molar-refractivity contribution in [1.29, 1.82) is 0 Å². The first-order chi connectivity index (χ1) is 9.67. The third-order valence-corrected chi connectivity index (χ3v) is 3.07. The van der Waals surface area contributed by atoms with Crippen LogP contribution in [0.5, 0.6) is 5.75 Å². The first kappa shape index (κ1) is 14.2. The summed E-state index contributed by atoms with van der Waals surface area (Å²) in [5.74, 6) is 3.02. The van der Waals surface area contributed by atoms with E-state index >= 15 is 0 Å². The third-order valence-electron chi connectivity index (χ3n) is 3.07. The summed E-state index contributed by atoms with van der Waals surface area (Å²) in [4.78, 5) is 10.5. The van der Waals surface area contributed by atoms with Crippen LogP contribution in [0.25, 0.3) is 0 Å². The molecule has 0 spiro atoms. The molecule has 0 saturated heterocycles. The van der Waals surface area contributed by atoms with Crippen LogP contribution in [-0.2, 0) is 6.54 Å². The van der Waals surface area contributed by atoms with Gasteiger partial charge in [0.2, 0.25) is 5.75 Å². The molecule has 6 nitrogen and oxygen atoms in total. The smallest absolute Gasteiger partial charge is 0.204 e. The molecule has 0 aromatic carbocycles. The second-order valence-corrected chi connectivity index (χ2v) is 4.47. The number of hydrogen-bond acceptors (Lipinski definition) is 6. The highest BCUT2D eigenvalue weighted by Gasteiger charge is 2.16. The minimum absolute atomic E-state index is 0.651. The SMILES string of the molecule is CCNc1ncnc(N(C)Cc2ccoc2C)c1OC. The zero-order chi connectivity index (χ0) is 14.5. The van der Waals surface area contributed by atoms with Gasteiger partial charge in [-0.1, -0.05) is 0 Å². The molecule has 0 fully saturated rings. The van der Waals surface area contributed by atoms with Crippen LogP contribution >= 0.6 is 0 Å². The lowest BCUT2D eigenvalue weighted by Gasteiger charge is -2.21. The standard InChI is InChI=1S/C14H20N4O2/c1-5-15-13-12(19-4)14(17-9-16-13)18(3)8-11-6-7-20-10(11)2/h6-7,9H,5,8H2,1-4H3,(H,15,16,17). The van der Waals surface area contributed by atoms with Crippen molar-refractivity contribution in [2.24, 2.45) is 0 Å². The molecule has 0 aliphatic heterocycles. The minimum Gasteiger partial charge on any atom is -0.490 e. The molecule has 20 heavy (non-hydrogen) atoms. The largest absolute Gasteiger partial charge is 0.490 e. The van der Waals surface area contributed by atoms with E-state index < -0.39 is 0 Å². The lowest BCUT2D eigenvalue weighted by atomic mass is 10.2. The molecule has 108 valence electrons. The maximum atomic E-state index is 5.45. The molecule has 0 atom stereocenters. The fraction of sp³-hybridized carbons (Fsp3) is 0.429. The van der Waals surface area contributed by atoms with Crippen LogP contribution in [0.3, 0.4) is 0 Å². The lowest BCUT2D eigenvalue weighted by Crippen LogP contribution is -2.19. The Morgan fingerprint density at radius 3 is 2.80 bits per heavy atom. The van der Waals surface area contributed by atoms with Crippen LogP contribution in [0.4, 0.5) is 11.6 Å². The normalized spacial score (nSPS) is 10.4. The van der Waals surface area contributed by atoms with E-state index in [-0.39, 0.29) is 0 Å². The van der Waals surface area contributed by atoms with Crippen molar-refractivity contribution in [1.82, 2.24) is 9.97 Å². The Bertz CT molecular complexity index is 568. The molecular weight excluding hydrogens is 256 g/mol. The first-order valence-corrected chi connectivity index (χ1v) is 6.54. The predicted molar refractivity (Wildman–Crippen MR) is 78.3 cm³/mol. The van der Waals surface area contributed by atoms with Gasteiger partial charge in [-0.25, -0.2) is 9.97 Å². The maximum Gasteiger partial charge on any atom is 0.204 e. The van der Waals surface area contributed by atoms with Gasteiger partial charge in [-0.3, -0.25) is 0 Å². The Labute approximate surface area is 118 Å². The molecule has 2 rings (SSSR count). The molecule has 0 amide bonds. The van der Waals surface area contributed by atoms with E-state index in [1.54, 1.807) is 13.4 Å². The number of anilines is 2. The molecule has 0 radical (unpaired) electrons. The summed E-state index contributed by atoms with van der Waals surface area (Å²) < 4.78 is 10.8. The van der Waals surface area contributed by atoms with Gasteiger partial charge in [0, 0.05) is 25.7 Å². The monoisotopic (exact) mass is 276 g/mol. The molecule has 0 aliphatic rings. The summed E-state index contributed by atoms with van der Waals surface area (Å²) >= 11 is 0. The highest BCUT2D eigenvalue weighted by Crippen LogP contribution is 2.32. The quantitative estimate of drug-likeness (QED) is 0.874. The minimum atomic E-state index is 0.651. The van der Waals surface area contributed by atoms with Crippen LogP contribution in [-0.4, -0.2) is 30.7 Å². The summed E-state index contributed by atoms with van der Waals surface area (Å²) in [6.07, 6.45) is 3.23. The van der Waals surface area contributed by atoms with Crippen LogP contribution in [0.2, 0.25) is 0 Å². The summed E-state index contributed by atoms with van der Waals surface area (Å²) in [5, 5.41) is 3.17. The van der Waals surface area contributed by atoms with Gasteiger partial charge in [0.1, 0.15) is 12.1 Å². The highest BCUT2D eigenvalue weighted by molar-refractivity contribution is 5.64. The van der Waals surface area contributed by atoms with Gasteiger partial charge in [-0.05, 0) is 19.9 Å². The maximum absolute atomic E-state index is 5.45. The van der Waals surface area contributed by atoms with Crippen LogP contribution in [0.1, 0.15) is 18.2 Å². The Hall–Kier alpha value is -2.24. The summed E-state index contributed by atoms with van der Waals surface area (Å²) in [6, 6.07) is 1.96. The number of nitrogens with one attached hydrogen (secondary N) is 1. The number of nitrogens with zero attached hydrogens (tertiary/aromatic N) is 3. The number of aromatic nitrogens is 2. The summed E-state index contributed by atoms with van der Waals surface area (Å²) in [7, 11) is 3.59. The van der Waals surface area contributed by atoms with E-state index in [1.807, 2.05) is 31.9 Å². The van der Waals surface area contributed by atoms with Gasteiger partial charge < -0.3 is 19.4 Å². The van der Waals surface area contributed by atoms with Crippen molar-refractivity contribution in [2.75, 3.05) is 30.9 Å². The molecule has 1 N–H and O–H groups in total. The zero-order valence-electron chi connectivity index (χ0n) is 12.3. The Kier molecular flexibility index (Phi) is 4.45. The molecule has 0 aliphatic carbocycles. The first-order valence-electron chi connectivity index (χ1n) is 6.54. The fourth-order valence-electron chi connectivity index (χ4n) is 2.02. The number of aryl methyl sites for hydroxylation is 1. The molecule has 6 heteroatoms. The highest BCUT2D eigenvalue weighted by atomic mass is 16.5. The van der Waals surface area contributed by atoms with Crippen molar-refractivity contribution in [3.05, 3.63) is 30.0 Å². The van der Waals surface area contributed by atoms with Crippen molar-refractivity contribution >= 4 is 11.6 Å². The van der Waals surface area contributed by atoms with E-state index in [0.29, 0.717) is 18.1 Å². The molecule has 0 unspecified atom stereocenters. The Balaban J connectivity index is 2.27. The van der Waals surface area contributed by atoms with Crippen molar-refractivity contribution in [3.8, 4) is 5.75 Å². The third kappa shape index (κ3) is 2.84. The number of ether oxygens (including phenoxy) is 1. The molecule has 2 aromatic heterocycles. The van der Waals surface area contributed by atoms with Gasteiger partial charge in [0.05, 0.1) is 13.4 Å².